The van der Waals surface area contributed by atoms with Gasteiger partial charge in [0.15, 0.2) is 0 Å². The van der Waals surface area contributed by atoms with Gasteiger partial charge in [-0.3, -0.25) is 0 Å². The van der Waals surface area contributed by atoms with Crippen LogP contribution in [0.5, 0.6) is 0 Å². The van der Waals surface area contributed by atoms with Gasteiger partial charge in [0.05, 0.1) is 0 Å². The summed E-state index contributed by atoms with van der Waals surface area (Å²) in [6.07, 6.45) is 1.43. The molecule has 0 aromatic heterocycles. The molecule has 0 radical (unpaired) electrons. The first-order valence-electron chi connectivity index (χ1n) is 4.79. The van der Waals surface area contributed by atoms with Crippen LogP contribution in [0, 0.1) is 11.8 Å². The second-order valence-corrected chi connectivity index (χ2v) is 4.05. The molecular weight excluding hydrogens is 136 g/mol. The van der Waals surface area contributed by atoms with Crippen LogP contribution in [0.4, 0.5) is 0 Å². The molecule has 2 unspecified atom stereocenters. The Kier molecular flexibility index (Phi) is 2.14. The molecule has 1 N–H and O–H groups in total. The summed E-state index contributed by atoms with van der Waals surface area (Å²) in [5.41, 5.74) is 0. The maximum atomic E-state index is 3.45. The van der Waals surface area contributed by atoms with Crippen molar-refractivity contribution in [2.45, 2.75) is 13.3 Å². The smallest absolute Gasteiger partial charge is 0.00248 e. The second-order valence-electron chi connectivity index (χ2n) is 4.05. The second kappa shape index (κ2) is 3.11. The molecule has 2 atom stereocenters. The predicted octanol–water partition coefficient (Wildman–Crippen LogP) is 0.548. The Morgan fingerprint density at radius 1 is 1.36 bits per heavy atom. The summed E-state index contributed by atoms with van der Waals surface area (Å²) >= 11 is 0. The van der Waals surface area contributed by atoms with E-state index in [1.165, 1.54) is 39.1 Å². The van der Waals surface area contributed by atoms with E-state index >= 15 is 0 Å². The highest BCUT2D eigenvalue weighted by Crippen LogP contribution is 2.19. The highest BCUT2D eigenvalue weighted by atomic mass is 15.2. The first-order chi connectivity index (χ1) is 5.36. The third-order valence-electron chi connectivity index (χ3n) is 3.12. The lowest BCUT2D eigenvalue weighted by molar-refractivity contribution is 0.145. The van der Waals surface area contributed by atoms with Gasteiger partial charge in [-0.05, 0) is 44.4 Å². The van der Waals surface area contributed by atoms with Crippen LogP contribution in [-0.4, -0.2) is 37.6 Å². The normalized spacial score (nSPS) is 39.0. The maximum absolute atomic E-state index is 3.45. The van der Waals surface area contributed by atoms with Gasteiger partial charge in [-0.2, -0.15) is 0 Å². The van der Waals surface area contributed by atoms with Crippen LogP contribution in [0.25, 0.3) is 0 Å². The number of hydrogen-bond acceptors (Lipinski definition) is 2. The van der Waals surface area contributed by atoms with Crippen LogP contribution in [-0.2, 0) is 0 Å². The molecule has 2 saturated heterocycles. The Balaban J connectivity index is 1.75. The molecule has 2 aliphatic heterocycles. The molecule has 2 fully saturated rings. The van der Waals surface area contributed by atoms with Crippen LogP contribution in [0.2, 0.25) is 0 Å². The zero-order chi connectivity index (χ0) is 7.68. The van der Waals surface area contributed by atoms with E-state index in [9.17, 15) is 0 Å². The summed E-state index contributed by atoms with van der Waals surface area (Å²) < 4.78 is 0. The highest BCUT2D eigenvalue weighted by molar-refractivity contribution is 4.82. The van der Waals surface area contributed by atoms with Crippen LogP contribution in [0.15, 0.2) is 0 Å². The van der Waals surface area contributed by atoms with Crippen molar-refractivity contribution in [1.82, 2.24) is 10.2 Å². The van der Waals surface area contributed by atoms with E-state index in [1.54, 1.807) is 0 Å². The van der Waals surface area contributed by atoms with Crippen molar-refractivity contribution in [3.63, 3.8) is 0 Å². The fraction of sp³-hybridized carbons (Fsp3) is 1.00. The lowest BCUT2D eigenvalue weighted by Crippen LogP contribution is -2.41. The van der Waals surface area contributed by atoms with Crippen molar-refractivity contribution in [3.05, 3.63) is 0 Å². The minimum absolute atomic E-state index is 0.899. The van der Waals surface area contributed by atoms with Gasteiger partial charge in [0, 0.05) is 6.54 Å². The standard InChI is InChI=1S/C9H18N2/c1-8-5-10-6-9(8)7-11-3-2-4-11/h8-10H,2-7H2,1H3. The quantitative estimate of drug-likeness (QED) is 0.625. The largest absolute Gasteiger partial charge is 0.316 e. The summed E-state index contributed by atoms with van der Waals surface area (Å²) in [5, 5.41) is 3.45. The van der Waals surface area contributed by atoms with Crippen molar-refractivity contribution >= 4 is 0 Å². The molecule has 2 nitrogen and oxygen atoms in total. The van der Waals surface area contributed by atoms with Crippen LogP contribution < -0.4 is 5.32 Å². The summed E-state index contributed by atoms with van der Waals surface area (Å²) in [4.78, 5) is 2.58. The Morgan fingerprint density at radius 3 is 2.64 bits per heavy atom. The maximum Gasteiger partial charge on any atom is 0.00248 e. The van der Waals surface area contributed by atoms with Crippen LogP contribution >= 0.6 is 0 Å². The molecule has 0 amide bonds. The Morgan fingerprint density at radius 2 is 2.18 bits per heavy atom. The van der Waals surface area contributed by atoms with E-state index < -0.39 is 0 Å². The number of likely N-dealkylation sites (tertiary alicyclic amines) is 1. The first kappa shape index (κ1) is 7.56. The van der Waals surface area contributed by atoms with Crippen molar-refractivity contribution < 1.29 is 0 Å². The number of hydrogen-bond donors (Lipinski definition) is 1. The van der Waals surface area contributed by atoms with Gasteiger partial charge >= 0.3 is 0 Å². The van der Waals surface area contributed by atoms with Gasteiger partial charge in [-0.25, -0.2) is 0 Å². The zero-order valence-electron chi connectivity index (χ0n) is 7.34. The first-order valence-corrected chi connectivity index (χ1v) is 4.79. The van der Waals surface area contributed by atoms with Crippen LogP contribution in [0.1, 0.15) is 13.3 Å². The average molecular weight is 154 g/mol. The lowest BCUT2D eigenvalue weighted by atomic mass is 9.96. The van der Waals surface area contributed by atoms with Gasteiger partial charge in [0.1, 0.15) is 0 Å². The summed E-state index contributed by atoms with van der Waals surface area (Å²) in [6, 6.07) is 0. The van der Waals surface area contributed by atoms with Gasteiger partial charge < -0.3 is 10.2 Å². The average Bonchev–Trinajstić information content (AvgIpc) is 2.27. The monoisotopic (exact) mass is 154 g/mol. The molecular formula is C9H18N2. The summed E-state index contributed by atoms with van der Waals surface area (Å²) in [7, 11) is 0. The molecule has 0 aliphatic carbocycles. The third kappa shape index (κ3) is 1.57. The summed E-state index contributed by atoms with van der Waals surface area (Å²) in [6.45, 7) is 8.89. The molecule has 2 heteroatoms. The molecule has 0 aromatic carbocycles. The van der Waals surface area contributed by atoms with E-state index in [2.05, 4.69) is 17.1 Å². The fourth-order valence-electron chi connectivity index (χ4n) is 2.00. The van der Waals surface area contributed by atoms with Gasteiger partial charge in [-0.15, -0.1) is 0 Å². The number of rotatable bonds is 2. The number of nitrogens with zero attached hydrogens (tertiary/aromatic N) is 1. The molecule has 0 aromatic rings. The zero-order valence-corrected chi connectivity index (χ0v) is 7.34. The Labute approximate surface area is 69.0 Å². The molecule has 0 bridgehead atoms. The minimum Gasteiger partial charge on any atom is -0.316 e. The van der Waals surface area contributed by atoms with E-state index in [-0.39, 0.29) is 0 Å². The van der Waals surface area contributed by atoms with Crippen LogP contribution in [0.3, 0.4) is 0 Å². The number of nitrogens with one attached hydrogen (secondary N) is 1. The highest BCUT2D eigenvalue weighted by Gasteiger charge is 2.26. The van der Waals surface area contributed by atoms with Crippen molar-refractivity contribution in [2.75, 3.05) is 32.7 Å². The molecule has 64 valence electrons. The lowest BCUT2D eigenvalue weighted by Gasteiger charge is -2.33. The Bertz CT molecular complexity index is 132. The molecule has 0 spiro atoms. The summed E-state index contributed by atoms with van der Waals surface area (Å²) in [5.74, 6) is 1.82. The van der Waals surface area contributed by atoms with Gasteiger partial charge in [0.25, 0.3) is 0 Å². The SMILES string of the molecule is CC1CNCC1CN1CCC1. The topological polar surface area (TPSA) is 15.3 Å². The van der Waals surface area contributed by atoms with E-state index in [1.807, 2.05) is 0 Å². The van der Waals surface area contributed by atoms with Crippen molar-refractivity contribution in [1.29, 1.82) is 0 Å². The fourth-order valence-corrected chi connectivity index (χ4v) is 2.00. The van der Waals surface area contributed by atoms with E-state index in [4.69, 9.17) is 0 Å². The molecule has 2 heterocycles. The molecule has 0 saturated carbocycles. The molecule has 11 heavy (non-hydrogen) atoms. The molecule has 2 rings (SSSR count). The van der Waals surface area contributed by atoms with Gasteiger partial charge in [-0.1, -0.05) is 6.92 Å². The minimum atomic E-state index is 0.899. The molecule has 2 aliphatic rings. The van der Waals surface area contributed by atoms with Crippen molar-refractivity contribution in [2.24, 2.45) is 11.8 Å². The van der Waals surface area contributed by atoms with E-state index in [0.717, 1.165) is 11.8 Å². The van der Waals surface area contributed by atoms with Crippen molar-refractivity contribution in [3.8, 4) is 0 Å². The van der Waals surface area contributed by atoms with Gasteiger partial charge in [0.2, 0.25) is 0 Å². The Hall–Kier alpha value is -0.0800. The third-order valence-corrected chi connectivity index (χ3v) is 3.12. The predicted molar refractivity (Wildman–Crippen MR) is 46.6 cm³/mol. The van der Waals surface area contributed by atoms with E-state index in [0.29, 0.717) is 0 Å².